The number of nitrogens with two attached hydrogens (primary N) is 1. The van der Waals surface area contributed by atoms with Crippen LogP contribution < -0.4 is 5.73 Å². The summed E-state index contributed by atoms with van der Waals surface area (Å²) in [6, 6.07) is 4.00. The summed E-state index contributed by atoms with van der Waals surface area (Å²) in [5, 5.41) is 1.15. The van der Waals surface area contributed by atoms with Gasteiger partial charge in [-0.3, -0.25) is 4.79 Å². The second kappa shape index (κ2) is 5.20. The van der Waals surface area contributed by atoms with Crippen LogP contribution in [-0.4, -0.2) is 33.1 Å². The van der Waals surface area contributed by atoms with Gasteiger partial charge in [-0.05, 0) is 24.6 Å². The highest BCUT2D eigenvalue weighted by Gasteiger charge is 2.17. The number of hydrogen-bond donors (Lipinski definition) is 2. The summed E-state index contributed by atoms with van der Waals surface area (Å²) in [5.41, 5.74) is 8.59. The van der Waals surface area contributed by atoms with Gasteiger partial charge in [-0.2, -0.15) is 0 Å². The highest BCUT2D eigenvalue weighted by Crippen LogP contribution is 2.25. The number of aromatic nitrogens is 2. The molecule has 6 heteroatoms. The summed E-state index contributed by atoms with van der Waals surface area (Å²) < 4.78 is 0. The van der Waals surface area contributed by atoms with E-state index in [9.17, 15) is 4.79 Å². The van der Waals surface area contributed by atoms with E-state index in [0.717, 1.165) is 35.6 Å². The SMILES string of the molecule is Cc1c(CN2C=C(C(N)=O)SCC2)[nH]c2ncccc12. The second-order valence-corrected chi connectivity index (χ2v) is 5.94. The van der Waals surface area contributed by atoms with Crippen molar-refractivity contribution in [3.05, 3.63) is 40.7 Å². The molecule has 1 aliphatic rings. The predicted molar refractivity (Wildman–Crippen MR) is 81.0 cm³/mol. The summed E-state index contributed by atoms with van der Waals surface area (Å²) in [5.74, 6) is 0.529. The quantitative estimate of drug-likeness (QED) is 0.902. The molecular formula is C14H16N4OS. The Hall–Kier alpha value is -1.95. The van der Waals surface area contributed by atoms with E-state index < -0.39 is 0 Å². The summed E-state index contributed by atoms with van der Waals surface area (Å²) in [6.45, 7) is 3.73. The monoisotopic (exact) mass is 288 g/mol. The van der Waals surface area contributed by atoms with E-state index in [2.05, 4.69) is 27.9 Å². The van der Waals surface area contributed by atoms with Crippen LogP contribution in [0.3, 0.4) is 0 Å². The minimum atomic E-state index is -0.352. The molecule has 3 N–H and O–H groups in total. The van der Waals surface area contributed by atoms with E-state index in [4.69, 9.17) is 5.73 Å². The van der Waals surface area contributed by atoms with Crippen LogP contribution in [0.5, 0.6) is 0 Å². The third-order valence-corrected chi connectivity index (χ3v) is 4.48. The van der Waals surface area contributed by atoms with Crippen molar-refractivity contribution in [1.82, 2.24) is 14.9 Å². The van der Waals surface area contributed by atoms with Crippen molar-refractivity contribution in [3.63, 3.8) is 0 Å². The van der Waals surface area contributed by atoms with Crippen molar-refractivity contribution in [1.29, 1.82) is 0 Å². The molecule has 0 aliphatic carbocycles. The first-order valence-corrected chi connectivity index (χ1v) is 7.44. The molecule has 0 unspecified atom stereocenters. The lowest BCUT2D eigenvalue weighted by atomic mass is 10.2. The molecule has 1 aliphatic heterocycles. The van der Waals surface area contributed by atoms with Gasteiger partial charge < -0.3 is 15.6 Å². The third-order valence-electron chi connectivity index (χ3n) is 3.47. The third kappa shape index (κ3) is 2.38. The number of pyridine rings is 1. The number of aryl methyl sites for hydroxylation is 1. The smallest absolute Gasteiger partial charge is 0.256 e. The number of fused-ring (bicyclic) bond motifs is 1. The molecule has 0 saturated carbocycles. The van der Waals surface area contributed by atoms with Gasteiger partial charge in [0.15, 0.2) is 0 Å². The van der Waals surface area contributed by atoms with Gasteiger partial charge in [-0.1, -0.05) is 0 Å². The normalized spacial score (nSPS) is 15.4. The fourth-order valence-electron chi connectivity index (χ4n) is 2.37. The van der Waals surface area contributed by atoms with Crippen LogP contribution >= 0.6 is 11.8 Å². The number of rotatable bonds is 3. The summed E-state index contributed by atoms with van der Waals surface area (Å²) in [6.07, 6.45) is 3.64. The molecule has 0 spiro atoms. The number of carbonyl (C=O) groups excluding carboxylic acids is 1. The molecule has 3 heterocycles. The van der Waals surface area contributed by atoms with Gasteiger partial charge in [-0.25, -0.2) is 4.98 Å². The minimum Gasteiger partial charge on any atom is -0.370 e. The molecule has 0 radical (unpaired) electrons. The number of hydrogen-bond acceptors (Lipinski definition) is 4. The molecule has 0 aromatic carbocycles. The molecule has 104 valence electrons. The van der Waals surface area contributed by atoms with Crippen LogP contribution in [0.2, 0.25) is 0 Å². The molecule has 1 amide bonds. The number of primary amides is 1. The second-order valence-electron chi connectivity index (χ2n) is 4.80. The molecule has 0 atom stereocenters. The Morgan fingerprint density at radius 1 is 1.60 bits per heavy atom. The first-order valence-electron chi connectivity index (χ1n) is 6.46. The standard InChI is InChI=1S/C14H16N4OS/c1-9-10-3-2-4-16-14(10)17-11(9)7-18-5-6-20-12(8-18)13(15)19/h2-4,8H,5-7H2,1H3,(H2,15,19)(H,16,17). The fourth-order valence-corrected chi connectivity index (χ4v) is 3.28. The van der Waals surface area contributed by atoms with Crippen molar-refractivity contribution in [2.24, 2.45) is 5.73 Å². The fraction of sp³-hybridized carbons (Fsp3) is 0.286. The van der Waals surface area contributed by atoms with Crippen LogP contribution in [0.4, 0.5) is 0 Å². The van der Waals surface area contributed by atoms with Gasteiger partial charge in [0.1, 0.15) is 5.65 Å². The van der Waals surface area contributed by atoms with Crippen LogP contribution in [0, 0.1) is 6.92 Å². The van der Waals surface area contributed by atoms with E-state index in [1.54, 1.807) is 6.20 Å². The Labute approximate surface area is 121 Å². The minimum absolute atomic E-state index is 0.352. The summed E-state index contributed by atoms with van der Waals surface area (Å²) in [7, 11) is 0. The zero-order valence-corrected chi connectivity index (χ0v) is 12.0. The van der Waals surface area contributed by atoms with Crippen LogP contribution in [0.1, 0.15) is 11.3 Å². The topological polar surface area (TPSA) is 75.0 Å². The van der Waals surface area contributed by atoms with Gasteiger partial charge in [0.2, 0.25) is 0 Å². The lowest BCUT2D eigenvalue weighted by Crippen LogP contribution is -2.27. The molecule has 2 aromatic rings. The lowest BCUT2D eigenvalue weighted by Gasteiger charge is -2.25. The van der Waals surface area contributed by atoms with Crippen molar-refractivity contribution in [2.45, 2.75) is 13.5 Å². The molecule has 0 saturated heterocycles. The van der Waals surface area contributed by atoms with Crippen molar-refractivity contribution < 1.29 is 4.79 Å². The molecule has 0 fully saturated rings. The number of nitrogens with one attached hydrogen (secondary N) is 1. The van der Waals surface area contributed by atoms with E-state index >= 15 is 0 Å². The van der Waals surface area contributed by atoms with Crippen molar-refractivity contribution in [3.8, 4) is 0 Å². The van der Waals surface area contributed by atoms with Crippen LogP contribution in [0.15, 0.2) is 29.4 Å². The van der Waals surface area contributed by atoms with Crippen LogP contribution in [0.25, 0.3) is 11.0 Å². The van der Waals surface area contributed by atoms with E-state index in [1.807, 2.05) is 12.3 Å². The van der Waals surface area contributed by atoms with Crippen molar-refractivity contribution >= 4 is 28.7 Å². The maximum atomic E-state index is 11.2. The van der Waals surface area contributed by atoms with Gasteiger partial charge in [0, 0.05) is 35.8 Å². The largest absolute Gasteiger partial charge is 0.370 e. The average molecular weight is 288 g/mol. The first kappa shape index (κ1) is 13.1. The predicted octanol–water partition coefficient (Wildman–Crippen LogP) is 1.75. The Morgan fingerprint density at radius 2 is 2.45 bits per heavy atom. The number of H-pyrrole nitrogens is 1. The van der Waals surface area contributed by atoms with Crippen LogP contribution in [-0.2, 0) is 11.3 Å². The Kier molecular flexibility index (Phi) is 3.40. The molecule has 0 bridgehead atoms. The molecule has 2 aromatic heterocycles. The van der Waals surface area contributed by atoms with Gasteiger partial charge >= 0.3 is 0 Å². The maximum absolute atomic E-state index is 11.2. The molecular weight excluding hydrogens is 272 g/mol. The lowest BCUT2D eigenvalue weighted by molar-refractivity contribution is -0.114. The molecule has 5 nitrogen and oxygen atoms in total. The van der Waals surface area contributed by atoms with Crippen molar-refractivity contribution in [2.75, 3.05) is 12.3 Å². The zero-order valence-electron chi connectivity index (χ0n) is 11.2. The van der Waals surface area contributed by atoms with E-state index in [0.29, 0.717) is 4.91 Å². The van der Waals surface area contributed by atoms with Gasteiger partial charge in [-0.15, -0.1) is 11.8 Å². The molecule has 3 rings (SSSR count). The first-order chi connectivity index (χ1) is 9.65. The highest BCUT2D eigenvalue weighted by molar-refractivity contribution is 8.04. The van der Waals surface area contributed by atoms with Gasteiger partial charge in [0.05, 0.1) is 11.4 Å². The number of thioether (sulfide) groups is 1. The Bertz CT molecular complexity index is 692. The molecule has 20 heavy (non-hydrogen) atoms. The van der Waals surface area contributed by atoms with Gasteiger partial charge in [0.25, 0.3) is 5.91 Å². The van der Waals surface area contributed by atoms with E-state index in [-0.39, 0.29) is 5.91 Å². The maximum Gasteiger partial charge on any atom is 0.256 e. The highest BCUT2D eigenvalue weighted by atomic mass is 32.2. The number of carbonyl (C=O) groups is 1. The Morgan fingerprint density at radius 3 is 3.20 bits per heavy atom. The summed E-state index contributed by atoms with van der Waals surface area (Å²) in [4.78, 5) is 21.7. The number of nitrogens with zero attached hydrogens (tertiary/aromatic N) is 2. The van der Waals surface area contributed by atoms with E-state index in [1.165, 1.54) is 17.3 Å². The number of amides is 1. The zero-order chi connectivity index (χ0) is 14.1. The number of aromatic amines is 1. The summed E-state index contributed by atoms with van der Waals surface area (Å²) >= 11 is 1.52. The average Bonchev–Trinajstić information content (AvgIpc) is 2.76. The Balaban J connectivity index is 1.88.